The van der Waals surface area contributed by atoms with Crippen LogP contribution in [0.1, 0.15) is 29.5 Å². The predicted molar refractivity (Wildman–Crippen MR) is 136 cm³/mol. The second kappa shape index (κ2) is 10.1. The van der Waals surface area contributed by atoms with E-state index < -0.39 is 0 Å². The summed E-state index contributed by atoms with van der Waals surface area (Å²) in [5, 5.41) is 4.27. The summed E-state index contributed by atoms with van der Waals surface area (Å²) < 4.78 is 6.70. The third-order valence-corrected chi connectivity index (χ3v) is 6.15. The second-order valence-corrected chi connectivity index (χ2v) is 8.67. The summed E-state index contributed by atoms with van der Waals surface area (Å²) >= 11 is 0. The summed E-state index contributed by atoms with van der Waals surface area (Å²) in [6, 6.07) is 19.6. The molecule has 0 aliphatic heterocycles. The van der Waals surface area contributed by atoms with E-state index in [1.165, 1.54) is 13.4 Å². The standard InChI is InChI=1S/C27H27N7O2/c1-18-8-7-11-21(30-18)27-26(20-12-13-24-28-17-29-34(24)15-20)31-23(32-27)16-33(2)22(14-25(35)36-3)19-9-5-4-6-10-19/h4-13,15,17,22H,14,16H2,1-3H3,(H,31,32)/t22-/m0/s1. The number of imidazole rings is 1. The van der Waals surface area contributed by atoms with Gasteiger partial charge in [0.15, 0.2) is 5.65 Å². The third-order valence-electron chi connectivity index (χ3n) is 6.15. The number of nitrogens with one attached hydrogen (secondary N) is 1. The Morgan fingerprint density at radius 3 is 2.69 bits per heavy atom. The highest BCUT2D eigenvalue weighted by atomic mass is 16.5. The lowest BCUT2D eigenvalue weighted by atomic mass is 10.0. The molecule has 4 heterocycles. The smallest absolute Gasteiger partial charge is 0.307 e. The third kappa shape index (κ3) is 4.87. The fraction of sp³-hybridized carbons (Fsp3) is 0.222. The maximum Gasteiger partial charge on any atom is 0.307 e. The number of pyridine rings is 2. The Morgan fingerprint density at radius 1 is 1.08 bits per heavy atom. The fourth-order valence-electron chi connectivity index (χ4n) is 4.32. The van der Waals surface area contributed by atoms with Gasteiger partial charge in [-0.05, 0) is 43.8 Å². The first-order valence-electron chi connectivity index (χ1n) is 11.7. The highest BCUT2D eigenvalue weighted by Gasteiger charge is 2.23. The van der Waals surface area contributed by atoms with Crippen molar-refractivity contribution in [2.24, 2.45) is 0 Å². The number of H-pyrrole nitrogens is 1. The Labute approximate surface area is 208 Å². The summed E-state index contributed by atoms with van der Waals surface area (Å²) in [7, 11) is 3.39. The minimum atomic E-state index is -0.262. The number of ether oxygens (including phenoxy) is 1. The predicted octanol–water partition coefficient (Wildman–Crippen LogP) is 4.23. The van der Waals surface area contributed by atoms with Gasteiger partial charge in [-0.2, -0.15) is 5.10 Å². The first kappa shape index (κ1) is 23.4. The average Bonchev–Trinajstić information content (AvgIpc) is 3.54. The van der Waals surface area contributed by atoms with E-state index in [0.717, 1.165) is 45.4 Å². The Hall–Kier alpha value is -4.37. The van der Waals surface area contributed by atoms with E-state index in [-0.39, 0.29) is 18.4 Å². The van der Waals surface area contributed by atoms with Crippen LogP contribution in [-0.4, -0.2) is 54.6 Å². The molecule has 4 aromatic heterocycles. The van der Waals surface area contributed by atoms with E-state index in [1.807, 2.05) is 80.8 Å². The number of fused-ring (bicyclic) bond motifs is 1. The molecule has 182 valence electrons. The fourth-order valence-corrected chi connectivity index (χ4v) is 4.32. The van der Waals surface area contributed by atoms with Gasteiger partial charge in [0.05, 0.1) is 37.2 Å². The van der Waals surface area contributed by atoms with Gasteiger partial charge in [0.1, 0.15) is 12.2 Å². The molecule has 0 amide bonds. The molecule has 1 atom stereocenters. The van der Waals surface area contributed by atoms with Crippen LogP contribution in [0.4, 0.5) is 0 Å². The molecule has 9 nitrogen and oxygen atoms in total. The maximum atomic E-state index is 12.2. The normalized spacial score (nSPS) is 12.2. The zero-order chi connectivity index (χ0) is 25.1. The molecule has 0 saturated heterocycles. The Balaban J connectivity index is 1.53. The minimum Gasteiger partial charge on any atom is -0.469 e. The molecule has 0 unspecified atom stereocenters. The zero-order valence-electron chi connectivity index (χ0n) is 20.4. The topological polar surface area (TPSA) is 101 Å². The van der Waals surface area contributed by atoms with Crippen molar-refractivity contribution in [2.45, 2.75) is 25.9 Å². The van der Waals surface area contributed by atoms with Crippen LogP contribution in [0.5, 0.6) is 0 Å². The van der Waals surface area contributed by atoms with E-state index in [2.05, 4.69) is 20.0 Å². The number of carbonyl (C=O) groups excluding carboxylic acids is 1. The summed E-state index contributed by atoms with van der Waals surface area (Å²) in [4.78, 5) is 31.7. The number of aryl methyl sites for hydroxylation is 1. The van der Waals surface area contributed by atoms with Crippen molar-refractivity contribution in [2.75, 3.05) is 14.2 Å². The number of nitrogens with zero attached hydrogens (tertiary/aromatic N) is 6. The van der Waals surface area contributed by atoms with Crippen LogP contribution in [0, 0.1) is 6.92 Å². The van der Waals surface area contributed by atoms with E-state index >= 15 is 0 Å². The van der Waals surface area contributed by atoms with Gasteiger partial charge in [0.25, 0.3) is 0 Å². The second-order valence-electron chi connectivity index (χ2n) is 8.67. The van der Waals surface area contributed by atoms with Crippen molar-refractivity contribution < 1.29 is 9.53 Å². The molecule has 36 heavy (non-hydrogen) atoms. The highest BCUT2D eigenvalue weighted by Crippen LogP contribution is 2.31. The van der Waals surface area contributed by atoms with Crippen molar-refractivity contribution in [3.63, 3.8) is 0 Å². The Bertz CT molecular complexity index is 1490. The van der Waals surface area contributed by atoms with Gasteiger partial charge in [-0.25, -0.2) is 14.5 Å². The van der Waals surface area contributed by atoms with E-state index in [9.17, 15) is 4.79 Å². The number of benzene rings is 1. The molecule has 9 heteroatoms. The Morgan fingerprint density at radius 2 is 1.92 bits per heavy atom. The average molecular weight is 482 g/mol. The molecular formula is C27H27N7O2. The zero-order valence-corrected chi connectivity index (χ0v) is 20.4. The molecule has 0 aliphatic rings. The van der Waals surface area contributed by atoms with Crippen LogP contribution in [0.2, 0.25) is 0 Å². The highest BCUT2D eigenvalue weighted by molar-refractivity contribution is 5.77. The summed E-state index contributed by atoms with van der Waals surface area (Å²) in [5.41, 5.74) is 6.02. The molecule has 1 N–H and O–H groups in total. The lowest BCUT2D eigenvalue weighted by molar-refractivity contribution is -0.142. The molecule has 0 spiro atoms. The minimum absolute atomic E-state index is 0.167. The quantitative estimate of drug-likeness (QED) is 0.331. The van der Waals surface area contributed by atoms with Crippen LogP contribution in [0.25, 0.3) is 28.3 Å². The molecule has 5 aromatic rings. The summed E-state index contributed by atoms with van der Waals surface area (Å²) in [5.74, 6) is 0.497. The van der Waals surface area contributed by atoms with E-state index in [1.54, 1.807) is 4.52 Å². The van der Waals surface area contributed by atoms with Gasteiger partial charge < -0.3 is 9.72 Å². The van der Waals surface area contributed by atoms with Gasteiger partial charge in [-0.3, -0.25) is 14.7 Å². The van der Waals surface area contributed by atoms with Gasteiger partial charge in [-0.15, -0.1) is 0 Å². The Kier molecular flexibility index (Phi) is 6.55. The first-order chi connectivity index (χ1) is 17.5. The van der Waals surface area contributed by atoms with Gasteiger partial charge in [-0.1, -0.05) is 36.4 Å². The number of methoxy groups -OCH3 is 1. The number of hydrogen-bond donors (Lipinski definition) is 1. The summed E-state index contributed by atoms with van der Waals surface area (Å²) in [6.07, 6.45) is 3.67. The monoisotopic (exact) mass is 481 g/mol. The number of esters is 1. The molecule has 0 radical (unpaired) electrons. The SMILES string of the molecule is COC(=O)C[C@@H](c1ccccc1)N(C)Cc1nc(-c2ccc3ncnn3c2)c(-c2cccc(C)n2)[nH]1. The molecule has 0 saturated carbocycles. The molecule has 5 rings (SSSR count). The van der Waals surface area contributed by atoms with Crippen molar-refractivity contribution in [3.8, 4) is 22.6 Å². The summed E-state index contributed by atoms with van der Waals surface area (Å²) in [6.45, 7) is 2.45. The van der Waals surface area contributed by atoms with Crippen LogP contribution >= 0.6 is 0 Å². The molecule has 0 aliphatic carbocycles. The van der Waals surface area contributed by atoms with Crippen LogP contribution in [0.3, 0.4) is 0 Å². The number of rotatable bonds is 8. The molecule has 0 fully saturated rings. The van der Waals surface area contributed by atoms with Gasteiger partial charge in [0.2, 0.25) is 0 Å². The van der Waals surface area contributed by atoms with Gasteiger partial charge >= 0.3 is 5.97 Å². The lowest BCUT2D eigenvalue weighted by Crippen LogP contribution is -2.27. The van der Waals surface area contributed by atoms with Crippen molar-refractivity contribution in [3.05, 3.63) is 90.3 Å². The van der Waals surface area contributed by atoms with E-state index in [4.69, 9.17) is 14.7 Å². The molecular weight excluding hydrogens is 454 g/mol. The molecule has 1 aromatic carbocycles. The number of carbonyl (C=O) groups is 1. The van der Waals surface area contributed by atoms with E-state index in [0.29, 0.717) is 6.54 Å². The van der Waals surface area contributed by atoms with Crippen LogP contribution in [0.15, 0.2) is 73.2 Å². The van der Waals surface area contributed by atoms with Gasteiger partial charge in [0, 0.05) is 23.5 Å². The number of aromatic nitrogens is 6. The molecule has 0 bridgehead atoms. The lowest BCUT2D eigenvalue weighted by Gasteiger charge is -2.27. The van der Waals surface area contributed by atoms with Crippen molar-refractivity contribution in [1.29, 1.82) is 0 Å². The van der Waals surface area contributed by atoms with Crippen LogP contribution < -0.4 is 0 Å². The number of aromatic amines is 1. The van der Waals surface area contributed by atoms with Crippen molar-refractivity contribution in [1.82, 2.24) is 34.4 Å². The largest absolute Gasteiger partial charge is 0.469 e. The van der Waals surface area contributed by atoms with Crippen LogP contribution in [-0.2, 0) is 16.1 Å². The van der Waals surface area contributed by atoms with Crippen molar-refractivity contribution >= 4 is 11.6 Å². The number of hydrogen-bond acceptors (Lipinski definition) is 7. The maximum absolute atomic E-state index is 12.2. The first-order valence-corrected chi connectivity index (χ1v) is 11.7.